The minimum Gasteiger partial charge on any atom is -0.490 e. The summed E-state index contributed by atoms with van der Waals surface area (Å²) >= 11 is 5.91. The van der Waals surface area contributed by atoms with Gasteiger partial charge >= 0.3 is 0 Å². The Bertz CT molecular complexity index is 447. The van der Waals surface area contributed by atoms with E-state index in [1.165, 1.54) is 4.90 Å². The Kier molecular flexibility index (Phi) is 3.64. The SMILES string of the molecule is O=C1CC(=O)N(CCOc2ccccc2Cl)C1. The number of benzene rings is 1. The molecule has 1 fully saturated rings. The first-order valence-corrected chi connectivity index (χ1v) is 5.71. The van der Waals surface area contributed by atoms with Crippen molar-refractivity contribution in [2.75, 3.05) is 19.7 Å². The Balaban J connectivity index is 1.82. The summed E-state index contributed by atoms with van der Waals surface area (Å²) in [7, 11) is 0. The van der Waals surface area contributed by atoms with Crippen LogP contribution in [0.4, 0.5) is 0 Å². The number of hydrogen-bond acceptors (Lipinski definition) is 3. The van der Waals surface area contributed by atoms with Gasteiger partial charge in [0.15, 0.2) is 5.78 Å². The third kappa shape index (κ3) is 2.97. The summed E-state index contributed by atoms with van der Waals surface area (Å²) < 4.78 is 5.45. The van der Waals surface area contributed by atoms with Gasteiger partial charge in [-0.3, -0.25) is 9.59 Å². The zero-order valence-corrected chi connectivity index (χ0v) is 9.94. The van der Waals surface area contributed by atoms with Gasteiger partial charge in [0, 0.05) is 0 Å². The summed E-state index contributed by atoms with van der Waals surface area (Å²) in [6.07, 6.45) is 0.0199. The number of carbonyl (C=O) groups is 2. The fourth-order valence-electron chi connectivity index (χ4n) is 1.67. The molecule has 2 rings (SSSR count). The Hall–Kier alpha value is -1.55. The van der Waals surface area contributed by atoms with Crippen molar-refractivity contribution in [2.24, 2.45) is 0 Å². The molecule has 1 aliphatic rings. The number of rotatable bonds is 4. The van der Waals surface area contributed by atoms with Gasteiger partial charge in [-0.1, -0.05) is 23.7 Å². The van der Waals surface area contributed by atoms with Crippen molar-refractivity contribution in [3.8, 4) is 5.75 Å². The monoisotopic (exact) mass is 253 g/mol. The topological polar surface area (TPSA) is 46.6 Å². The van der Waals surface area contributed by atoms with Gasteiger partial charge in [0.05, 0.1) is 24.5 Å². The van der Waals surface area contributed by atoms with Crippen LogP contribution in [0.15, 0.2) is 24.3 Å². The van der Waals surface area contributed by atoms with Gasteiger partial charge in [-0.15, -0.1) is 0 Å². The molecule has 17 heavy (non-hydrogen) atoms. The standard InChI is InChI=1S/C12H12ClNO3/c13-10-3-1-2-4-11(10)17-6-5-14-8-9(15)7-12(14)16/h1-4H,5-8H2. The van der Waals surface area contributed by atoms with E-state index in [0.717, 1.165) is 0 Å². The molecule has 1 aromatic carbocycles. The van der Waals surface area contributed by atoms with E-state index < -0.39 is 0 Å². The average molecular weight is 254 g/mol. The minimum absolute atomic E-state index is 0.0199. The van der Waals surface area contributed by atoms with E-state index in [-0.39, 0.29) is 24.7 Å². The zero-order valence-electron chi connectivity index (χ0n) is 9.19. The smallest absolute Gasteiger partial charge is 0.230 e. The van der Waals surface area contributed by atoms with Crippen molar-refractivity contribution < 1.29 is 14.3 Å². The first-order chi connectivity index (χ1) is 8.16. The molecule has 4 nitrogen and oxygen atoms in total. The lowest BCUT2D eigenvalue weighted by Gasteiger charge is -2.15. The summed E-state index contributed by atoms with van der Waals surface area (Å²) in [5.74, 6) is 0.428. The molecular formula is C12H12ClNO3. The molecule has 5 heteroatoms. The minimum atomic E-state index is -0.127. The summed E-state index contributed by atoms with van der Waals surface area (Å²) in [5.41, 5.74) is 0. The highest BCUT2D eigenvalue weighted by molar-refractivity contribution is 6.32. The first kappa shape index (κ1) is 11.9. The molecule has 1 saturated heterocycles. The largest absolute Gasteiger partial charge is 0.490 e. The van der Waals surface area contributed by atoms with E-state index in [0.29, 0.717) is 23.9 Å². The number of carbonyl (C=O) groups excluding carboxylic acids is 2. The van der Waals surface area contributed by atoms with Gasteiger partial charge in [0.1, 0.15) is 12.4 Å². The Morgan fingerprint density at radius 1 is 1.29 bits per heavy atom. The zero-order chi connectivity index (χ0) is 12.3. The number of ketones is 1. The van der Waals surface area contributed by atoms with Crippen LogP contribution in [0.25, 0.3) is 0 Å². The molecule has 0 aliphatic carbocycles. The molecular weight excluding hydrogens is 242 g/mol. The van der Waals surface area contributed by atoms with Crippen LogP contribution in [0.2, 0.25) is 5.02 Å². The molecule has 0 spiro atoms. The summed E-state index contributed by atoms with van der Waals surface area (Å²) in [6.45, 7) is 0.948. The molecule has 0 aromatic heterocycles. The summed E-state index contributed by atoms with van der Waals surface area (Å²) in [5, 5.41) is 0.538. The van der Waals surface area contributed by atoms with Gasteiger partial charge in [-0.2, -0.15) is 0 Å². The van der Waals surface area contributed by atoms with E-state index in [9.17, 15) is 9.59 Å². The number of Topliss-reactive ketones (excluding diaryl/α,β-unsaturated/α-hetero) is 1. The predicted octanol–water partition coefficient (Wildman–Crippen LogP) is 1.52. The fourth-order valence-corrected chi connectivity index (χ4v) is 1.86. The summed E-state index contributed by atoms with van der Waals surface area (Å²) in [6, 6.07) is 7.14. The van der Waals surface area contributed by atoms with E-state index in [2.05, 4.69) is 0 Å². The predicted molar refractivity (Wildman–Crippen MR) is 63.2 cm³/mol. The van der Waals surface area contributed by atoms with Gasteiger partial charge in [0.2, 0.25) is 5.91 Å². The molecule has 1 aromatic rings. The van der Waals surface area contributed by atoms with Gasteiger partial charge in [-0.05, 0) is 12.1 Å². The van der Waals surface area contributed by atoms with Crippen molar-refractivity contribution >= 4 is 23.3 Å². The summed E-state index contributed by atoms with van der Waals surface area (Å²) in [4.78, 5) is 23.8. The van der Waals surface area contributed by atoms with Crippen LogP contribution in [0, 0.1) is 0 Å². The van der Waals surface area contributed by atoms with Crippen molar-refractivity contribution in [3.05, 3.63) is 29.3 Å². The molecule has 0 bridgehead atoms. The van der Waals surface area contributed by atoms with E-state index >= 15 is 0 Å². The molecule has 0 unspecified atom stereocenters. The van der Waals surface area contributed by atoms with Crippen LogP contribution in [-0.4, -0.2) is 36.3 Å². The number of ether oxygens (including phenoxy) is 1. The number of hydrogen-bond donors (Lipinski definition) is 0. The van der Waals surface area contributed by atoms with E-state index in [4.69, 9.17) is 16.3 Å². The van der Waals surface area contributed by atoms with Crippen LogP contribution in [0.5, 0.6) is 5.75 Å². The van der Waals surface area contributed by atoms with Crippen LogP contribution in [0.3, 0.4) is 0 Å². The van der Waals surface area contributed by atoms with E-state index in [1.807, 2.05) is 12.1 Å². The highest BCUT2D eigenvalue weighted by Crippen LogP contribution is 2.22. The second-order valence-corrected chi connectivity index (χ2v) is 4.22. The number of amides is 1. The second kappa shape index (κ2) is 5.19. The average Bonchev–Trinajstić information content (AvgIpc) is 2.60. The fraction of sp³-hybridized carbons (Fsp3) is 0.333. The molecule has 0 N–H and O–H groups in total. The first-order valence-electron chi connectivity index (χ1n) is 5.33. The Morgan fingerprint density at radius 3 is 2.71 bits per heavy atom. The highest BCUT2D eigenvalue weighted by atomic mass is 35.5. The maximum absolute atomic E-state index is 11.3. The Labute approximate surface area is 104 Å². The molecule has 0 radical (unpaired) electrons. The van der Waals surface area contributed by atoms with Crippen molar-refractivity contribution in [1.82, 2.24) is 4.90 Å². The second-order valence-electron chi connectivity index (χ2n) is 3.81. The molecule has 1 amide bonds. The molecule has 1 aliphatic heterocycles. The Morgan fingerprint density at radius 2 is 2.06 bits per heavy atom. The van der Waals surface area contributed by atoms with Crippen LogP contribution < -0.4 is 4.74 Å². The van der Waals surface area contributed by atoms with Crippen LogP contribution >= 0.6 is 11.6 Å². The lowest BCUT2D eigenvalue weighted by Crippen LogP contribution is -2.29. The normalized spacial score (nSPS) is 15.5. The van der Waals surface area contributed by atoms with Gasteiger partial charge in [0.25, 0.3) is 0 Å². The van der Waals surface area contributed by atoms with Crippen molar-refractivity contribution in [2.45, 2.75) is 6.42 Å². The van der Waals surface area contributed by atoms with Crippen molar-refractivity contribution in [3.63, 3.8) is 0 Å². The maximum Gasteiger partial charge on any atom is 0.230 e. The molecule has 90 valence electrons. The van der Waals surface area contributed by atoms with Crippen LogP contribution in [0.1, 0.15) is 6.42 Å². The third-order valence-corrected chi connectivity index (χ3v) is 2.84. The highest BCUT2D eigenvalue weighted by Gasteiger charge is 2.26. The number of likely N-dealkylation sites (tertiary alicyclic amines) is 1. The van der Waals surface area contributed by atoms with E-state index in [1.54, 1.807) is 12.1 Å². The molecule has 0 atom stereocenters. The lowest BCUT2D eigenvalue weighted by molar-refractivity contribution is -0.128. The number of halogens is 1. The molecule has 0 saturated carbocycles. The maximum atomic E-state index is 11.3. The quantitative estimate of drug-likeness (QED) is 0.765. The van der Waals surface area contributed by atoms with Crippen molar-refractivity contribution in [1.29, 1.82) is 0 Å². The van der Waals surface area contributed by atoms with Gasteiger partial charge in [-0.25, -0.2) is 0 Å². The van der Waals surface area contributed by atoms with Gasteiger partial charge < -0.3 is 9.64 Å². The number of para-hydroxylation sites is 1. The lowest BCUT2D eigenvalue weighted by atomic mass is 10.3. The third-order valence-electron chi connectivity index (χ3n) is 2.52. The number of nitrogens with zero attached hydrogens (tertiary/aromatic N) is 1. The van der Waals surface area contributed by atoms with Crippen LogP contribution in [-0.2, 0) is 9.59 Å². The molecule has 1 heterocycles.